The molecule has 0 aliphatic rings. The summed E-state index contributed by atoms with van der Waals surface area (Å²) in [5.74, 6) is 1.23. The molecule has 1 aromatic heterocycles. The number of hydrogen-bond donors (Lipinski definition) is 2. The third kappa shape index (κ3) is 5.25. The van der Waals surface area contributed by atoms with Crippen molar-refractivity contribution in [2.24, 2.45) is 4.99 Å². The molecule has 2 rings (SSSR count). The van der Waals surface area contributed by atoms with Crippen LogP contribution < -0.4 is 15.4 Å². The van der Waals surface area contributed by atoms with E-state index in [1.807, 2.05) is 12.1 Å². The SMILES string of the molecule is CCCNC(=NC)NCc1cccnc1Oc1cccc(F)c1. The van der Waals surface area contributed by atoms with Crippen molar-refractivity contribution in [1.82, 2.24) is 15.6 Å². The molecule has 0 radical (unpaired) electrons. The third-order valence-corrected chi connectivity index (χ3v) is 3.07. The molecule has 1 heterocycles. The van der Waals surface area contributed by atoms with E-state index >= 15 is 0 Å². The molecular formula is C17H21FN4O. The number of nitrogens with zero attached hydrogens (tertiary/aromatic N) is 2. The van der Waals surface area contributed by atoms with Crippen molar-refractivity contribution < 1.29 is 9.13 Å². The van der Waals surface area contributed by atoms with Crippen molar-refractivity contribution in [1.29, 1.82) is 0 Å². The molecular weight excluding hydrogens is 295 g/mol. The second kappa shape index (κ2) is 8.73. The van der Waals surface area contributed by atoms with Gasteiger partial charge in [0.2, 0.25) is 5.88 Å². The van der Waals surface area contributed by atoms with Gasteiger partial charge in [0.15, 0.2) is 5.96 Å². The Balaban J connectivity index is 2.05. The van der Waals surface area contributed by atoms with Crippen LogP contribution in [-0.2, 0) is 6.54 Å². The Hall–Kier alpha value is -2.63. The Morgan fingerprint density at radius 1 is 1.26 bits per heavy atom. The van der Waals surface area contributed by atoms with Crippen molar-refractivity contribution in [3.05, 3.63) is 54.0 Å². The minimum Gasteiger partial charge on any atom is -0.439 e. The van der Waals surface area contributed by atoms with Crippen molar-refractivity contribution in [3.63, 3.8) is 0 Å². The number of nitrogens with one attached hydrogen (secondary N) is 2. The highest BCUT2D eigenvalue weighted by atomic mass is 19.1. The predicted octanol–water partition coefficient (Wildman–Crippen LogP) is 3.09. The lowest BCUT2D eigenvalue weighted by atomic mass is 10.2. The minimum absolute atomic E-state index is 0.345. The van der Waals surface area contributed by atoms with Gasteiger partial charge in [0.25, 0.3) is 0 Å². The number of aliphatic imine (C=N–C) groups is 1. The fourth-order valence-corrected chi connectivity index (χ4v) is 1.94. The van der Waals surface area contributed by atoms with Crippen LogP contribution in [0.4, 0.5) is 4.39 Å². The van der Waals surface area contributed by atoms with E-state index in [-0.39, 0.29) is 5.82 Å². The molecule has 0 unspecified atom stereocenters. The van der Waals surface area contributed by atoms with Crippen LogP contribution in [0.5, 0.6) is 11.6 Å². The van der Waals surface area contributed by atoms with Crippen LogP contribution in [-0.4, -0.2) is 24.5 Å². The predicted molar refractivity (Wildman–Crippen MR) is 89.2 cm³/mol. The van der Waals surface area contributed by atoms with Crippen molar-refractivity contribution in [2.45, 2.75) is 19.9 Å². The van der Waals surface area contributed by atoms with E-state index in [2.05, 4.69) is 27.5 Å². The van der Waals surface area contributed by atoms with Crippen LogP contribution in [0.15, 0.2) is 47.6 Å². The highest BCUT2D eigenvalue weighted by Gasteiger charge is 2.07. The minimum atomic E-state index is -0.345. The first-order valence-corrected chi connectivity index (χ1v) is 7.54. The Labute approximate surface area is 135 Å². The fourth-order valence-electron chi connectivity index (χ4n) is 1.94. The Morgan fingerprint density at radius 2 is 2.13 bits per heavy atom. The van der Waals surface area contributed by atoms with Gasteiger partial charge in [-0.05, 0) is 24.6 Å². The number of aromatic nitrogens is 1. The molecule has 5 nitrogen and oxygen atoms in total. The smallest absolute Gasteiger partial charge is 0.224 e. The summed E-state index contributed by atoms with van der Waals surface area (Å²) >= 11 is 0. The summed E-state index contributed by atoms with van der Waals surface area (Å²) in [5, 5.41) is 6.40. The molecule has 122 valence electrons. The van der Waals surface area contributed by atoms with Gasteiger partial charge in [0.05, 0.1) is 0 Å². The second-order valence-corrected chi connectivity index (χ2v) is 4.88. The highest BCUT2D eigenvalue weighted by Crippen LogP contribution is 2.23. The van der Waals surface area contributed by atoms with Crippen molar-refractivity contribution in [2.75, 3.05) is 13.6 Å². The van der Waals surface area contributed by atoms with E-state index in [0.29, 0.717) is 24.1 Å². The summed E-state index contributed by atoms with van der Waals surface area (Å²) in [6.45, 7) is 3.44. The average Bonchev–Trinajstić information content (AvgIpc) is 2.56. The van der Waals surface area contributed by atoms with Crippen LogP contribution in [0.2, 0.25) is 0 Å². The van der Waals surface area contributed by atoms with Gasteiger partial charge in [-0.1, -0.05) is 19.1 Å². The third-order valence-electron chi connectivity index (χ3n) is 3.07. The van der Waals surface area contributed by atoms with Gasteiger partial charge in [0.1, 0.15) is 11.6 Å². The van der Waals surface area contributed by atoms with Crippen LogP contribution in [0.1, 0.15) is 18.9 Å². The average molecular weight is 316 g/mol. The quantitative estimate of drug-likeness (QED) is 0.635. The van der Waals surface area contributed by atoms with Gasteiger partial charge in [-0.2, -0.15) is 0 Å². The first kappa shape index (κ1) is 16.7. The largest absolute Gasteiger partial charge is 0.439 e. The molecule has 0 atom stereocenters. The zero-order valence-electron chi connectivity index (χ0n) is 13.3. The molecule has 0 saturated carbocycles. The molecule has 2 aromatic rings. The standard InChI is InChI=1S/C17H21FN4O/c1-3-9-21-17(19-2)22-12-13-6-5-10-20-16(13)23-15-8-4-7-14(18)11-15/h4-8,10-11H,3,9,12H2,1-2H3,(H2,19,21,22). The number of halogens is 1. The normalized spacial score (nSPS) is 11.2. The number of benzene rings is 1. The molecule has 0 saturated heterocycles. The van der Waals surface area contributed by atoms with Crippen LogP contribution >= 0.6 is 0 Å². The van der Waals surface area contributed by atoms with E-state index in [0.717, 1.165) is 18.5 Å². The maximum absolute atomic E-state index is 13.3. The first-order chi connectivity index (χ1) is 11.2. The van der Waals surface area contributed by atoms with Crippen LogP contribution in [0.25, 0.3) is 0 Å². The Morgan fingerprint density at radius 3 is 2.87 bits per heavy atom. The molecule has 2 N–H and O–H groups in total. The number of hydrogen-bond acceptors (Lipinski definition) is 3. The molecule has 0 bridgehead atoms. The maximum atomic E-state index is 13.3. The Kier molecular flexibility index (Phi) is 6.35. The zero-order valence-corrected chi connectivity index (χ0v) is 13.3. The monoisotopic (exact) mass is 316 g/mol. The lowest BCUT2D eigenvalue weighted by molar-refractivity contribution is 0.450. The van der Waals surface area contributed by atoms with Gasteiger partial charge in [0, 0.05) is 38.0 Å². The van der Waals surface area contributed by atoms with E-state index in [4.69, 9.17) is 4.74 Å². The van der Waals surface area contributed by atoms with Gasteiger partial charge in [-0.25, -0.2) is 9.37 Å². The van der Waals surface area contributed by atoms with E-state index in [1.165, 1.54) is 12.1 Å². The number of rotatable bonds is 6. The van der Waals surface area contributed by atoms with Crippen LogP contribution in [0, 0.1) is 5.82 Å². The van der Waals surface area contributed by atoms with E-state index in [1.54, 1.807) is 25.4 Å². The van der Waals surface area contributed by atoms with Gasteiger partial charge in [-0.3, -0.25) is 4.99 Å². The van der Waals surface area contributed by atoms with Gasteiger partial charge in [-0.15, -0.1) is 0 Å². The van der Waals surface area contributed by atoms with E-state index < -0.39 is 0 Å². The number of ether oxygens (including phenoxy) is 1. The van der Waals surface area contributed by atoms with Crippen molar-refractivity contribution in [3.8, 4) is 11.6 Å². The topological polar surface area (TPSA) is 58.5 Å². The molecule has 6 heteroatoms. The highest BCUT2D eigenvalue weighted by molar-refractivity contribution is 5.79. The first-order valence-electron chi connectivity index (χ1n) is 7.54. The van der Waals surface area contributed by atoms with E-state index in [9.17, 15) is 4.39 Å². The summed E-state index contributed by atoms with van der Waals surface area (Å²) in [7, 11) is 1.72. The Bertz CT molecular complexity index is 661. The summed E-state index contributed by atoms with van der Waals surface area (Å²) in [5.41, 5.74) is 0.858. The van der Waals surface area contributed by atoms with Crippen molar-refractivity contribution >= 4 is 5.96 Å². The summed E-state index contributed by atoms with van der Waals surface area (Å²) in [6, 6.07) is 9.73. The number of pyridine rings is 1. The number of guanidine groups is 1. The van der Waals surface area contributed by atoms with Crippen LogP contribution in [0.3, 0.4) is 0 Å². The molecule has 23 heavy (non-hydrogen) atoms. The molecule has 1 aromatic carbocycles. The van der Waals surface area contributed by atoms with Gasteiger partial charge >= 0.3 is 0 Å². The molecule has 0 aliphatic heterocycles. The summed E-state index contributed by atoms with van der Waals surface area (Å²) in [6.07, 6.45) is 2.66. The maximum Gasteiger partial charge on any atom is 0.224 e. The fraction of sp³-hybridized carbons (Fsp3) is 0.294. The molecule has 0 fully saturated rings. The zero-order chi connectivity index (χ0) is 16.5. The lowest BCUT2D eigenvalue weighted by Crippen LogP contribution is -2.37. The molecule has 0 aliphatic carbocycles. The summed E-state index contributed by atoms with van der Waals surface area (Å²) in [4.78, 5) is 8.37. The van der Waals surface area contributed by atoms with Gasteiger partial charge < -0.3 is 15.4 Å². The molecule has 0 amide bonds. The lowest BCUT2D eigenvalue weighted by Gasteiger charge is -2.13. The molecule has 0 spiro atoms. The second-order valence-electron chi connectivity index (χ2n) is 4.88. The summed E-state index contributed by atoms with van der Waals surface area (Å²) < 4.78 is 18.9.